The van der Waals surface area contributed by atoms with Crippen LogP contribution in [0.4, 0.5) is 13.2 Å². The highest BCUT2D eigenvalue weighted by Gasteiger charge is 2.38. The highest BCUT2D eigenvalue weighted by Crippen LogP contribution is 2.13. The molecule has 1 aromatic rings. The van der Waals surface area contributed by atoms with E-state index in [4.69, 9.17) is 4.74 Å². The minimum Gasteiger partial charge on any atom is -0.494 e. The lowest BCUT2D eigenvalue weighted by Gasteiger charge is -2.08. The molecule has 3 nitrogen and oxygen atoms in total. The van der Waals surface area contributed by atoms with Gasteiger partial charge in [-0.1, -0.05) is 12.1 Å². The van der Waals surface area contributed by atoms with Gasteiger partial charge in [-0.2, -0.15) is 13.2 Å². The Morgan fingerprint density at radius 1 is 1.35 bits per heavy atom. The van der Waals surface area contributed by atoms with E-state index in [9.17, 15) is 18.0 Å². The fraction of sp³-hybridized carbons (Fsp3) is 0.364. The van der Waals surface area contributed by atoms with Gasteiger partial charge >= 0.3 is 12.1 Å². The van der Waals surface area contributed by atoms with Crippen molar-refractivity contribution in [3.05, 3.63) is 30.3 Å². The van der Waals surface area contributed by atoms with E-state index >= 15 is 0 Å². The number of rotatable bonds is 5. The molecular weight excluding hydrogens is 235 g/mol. The SMILES string of the molecule is O=C(NCCCOc1cc[c]cc1)C(F)(F)F. The summed E-state index contributed by atoms with van der Waals surface area (Å²) < 4.78 is 40.6. The number of ether oxygens (including phenoxy) is 1. The van der Waals surface area contributed by atoms with Crippen molar-refractivity contribution in [1.82, 2.24) is 5.32 Å². The summed E-state index contributed by atoms with van der Waals surface area (Å²) in [5.74, 6) is -1.31. The van der Waals surface area contributed by atoms with Crippen LogP contribution in [0.1, 0.15) is 6.42 Å². The predicted molar refractivity (Wildman–Crippen MR) is 54.5 cm³/mol. The third kappa shape index (κ3) is 5.24. The van der Waals surface area contributed by atoms with Crippen molar-refractivity contribution in [3.63, 3.8) is 0 Å². The van der Waals surface area contributed by atoms with Gasteiger partial charge in [0.1, 0.15) is 5.75 Å². The molecule has 0 aliphatic heterocycles. The Bertz CT molecular complexity index is 351. The van der Waals surface area contributed by atoms with Crippen molar-refractivity contribution in [3.8, 4) is 5.75 Å². The van der Waals surface area contributed by atoms with Crippen LogP contribution in [0.25, 0.3) is 0 Å². The Hall–Kier alpha value is -1.72. The zero-order valence-electron chi connectivity index (χ0n) is 8.88. The molecule has 0 bridgehead atoms. The molecule has 0 spiro atoms. The van der Waals surface area contributed by atoms with Crippen LogP contribution >= 0.6 is 0 Å². The molecule has 1 rings (SSSR count). The Labute approximate surface area is 96.6 Å². The van der Waals surface area contributed by atoms with Crippen LogP contribution in [-0.2, 0) is 4.79 Å². The number of alkyl halides is 3. The van der Waals surface area contributed by atoms with Crippen molar-refractivity contribution in [2.45, 2.75) is 12.6 Å². The zero-order valence-corrected chi connectivity index (χ0v) is 8.88. The fourth-order valence-electron chi connectivity index (χ4n) is 1.03. The predicted octanol–water partition coefficient (Wildman–Crippen LogP) is 1.93. The van der Waals surface area contributed by atoms with E-state index in [1.807, 2.05) is 0 Å². The Morgan fingerprint density at radius 2 is 2.00 bits per heavy atom. The van der Waals surface area contributed by atoms with Crippen molar-refractivity contribution >= 4 is 5.91 Å². The molecule has 0 saturated heterocycles. The Kier molecular flexibility index (Phi) is 4.81. The van der Waals surface area contributed by atoms with Gasteiger partial charge in [-0.3, -0.25) is 4.79 Å². The minimum atomic E-state index is -4.82. The first kappa shape index (κ1) is 13.3. The van der Waals surface area contributed by atoms with Gasteiger partial charge in [0.15, 0.2) is 0 Å². The van der Waals surface area contributed by atoms with Gasteiger partial charge in [-0.15, -0.1) is 0 Å². The molecule has 0 aromatic heterocycles. The van der Waals surface area contributed by atoms with Crippen LogP contribution in [0, 0.1) is 6.07 Å². The van der Waals surface area contributed by atoms with E-state index in [1.54, 1.807) is 29.6 Å². The van der Waals surface area contributed by atoms with Gasteiger partial charge in [-0.25, -0.2) is 0 Å². The lowest BCUT2D eigenvalue weighted by molar-refractivity contribution is -0.173. The summed E-state index contributed by atoms with van der Waals surface area (Å²) in [6, 6.07) is 9.52. The summed E-state index contributed by atoms with van der Waals surface area (Å²) in [5.41, 5.74) is 0. The Morgan fingerprint density at radius 3 is 2.59 bits per heavy atom. The summed E-state index contributed by atoms with van der Waals surface area (Å²) in [7, 11) is 0. The number of hydrogen-bond acceptors (Lipinski definition) is 2. The molecule has 6 heteroatoms. The number of carbonyl (C=O) groups is 1. The lowest BCUT2D eigenvalue weighted by atomic mass is 10.3. The zero-order chi connectivity index (χ0) is 12.7. The topological polar surface area (TPSA) is 38.3 Å². The molecule has 93 valence electrons. The average molecular weight is 246 g/mol. The van der Waals surface area contributed by atoms with Gasteiger partial charge in [-0.05, 0) is 24.6 Å². The highest BCUT2D eigenvalue weighted by atomic mass is 19.4. The maximum Gasteiger partial charge on any atom is 0.471 e. The minimum absolute atomic E-state index is 0.0721. The van der Waals surface area contributed by atoms with Crippen LogP contribution in [0.3, 0.4) is 0 Å². The highest BCUT2D eigenvalue weighted by molar-refractivity contribution is 5.81. The van der Waals surface area contributed by atoms with Gasteiger partial charge in [0.2, 0.25) is 0 Å². The number of halogens is 3. The quantitative estimate of drug-likeness (QED) is 0.806. The molecular formula is C11H11F3NO2. The number of hydrogen-bond donors (Lipinski definition) is 1. The van der Waals surface area contributed by atoms with E-state index in [0.717, 1.165) is 0 Å². The molecule has 1 radical (unpaired) electrons. The molecule has 0 aliphatic rings. The van der Waals surface area contributed by atoms with E-state index in [1.165, 1.54) is 0 Å². The third-order valence-electron chi connectivity index (χ3n) is 1.82. The number of nitrogens with one attached hydrogen (secondary N) is 1. The molecule has 1 aromatic carbocycles. The largest absolute Gasteiger partial charge is 0.494 e. The van der Waals surface area contributed by atoms with Crippen molar-refractivity contribution in [1.29, 1.82) is 0 Å². The van der Waals surface area contributed by atoms with Crippen molar-refractivity contribution in [2.24, 2.45) is 0 Å². The van der Waals surface area contributed by atoms with E-state index in [2.05, 4.69) is 6.07 Å². The monoisotopic (exact) mass is 246 g/mol. The molecule has 1 amide bonds. The molecule has 0 saturated carbocycles. The van der Waals surface area contributed by atoms with E-state index in [-0.39, 0.29) is 13.2 Å². The average Bonchev–Trinajstić information content (AvgIpc) is 2.28. The maximum atomic E-state index is 11.8. The fourth-order valence-corrected chi connectivity index (χ4v) is 1.03. The first-order chi connectivity index (χ1) is 8.00. The van der Waals surface area contributed by atoms with Crippen molar-refractivity contribution in [2.75, 3.05) is 13.2 Å². The summed E-state index contributed by atoms with van der Waals surface area (Å²) in [4.78, 5) is 10.4. The molecule has 0 atom stereocenters. The number of amides is 1. The smallest absolute Gasteiger partial charge is 0.471 e. The molecule has 17 heavy (non-hydrogen) atoms. The lowest BCUT2D eigenvalue weighted by Crippen LogP contribution is -2.37. The maximum absolute atomic E-state index is 11.8. The van der Waals surface area contributed by atoms with Crippen LogP contribution < -0.4 is 10.1 Å². The normalized spacial score (nSPS) is 11.0. The molecule has 0 heterocycles. The van der Waals surface area contributed by atoms with Gasteiger partial charge < -0.3 is 10.1 Å². The van der Waals surface area contributed by atoms with Crippen LogP contribution in [0.15, 0.2) is 24.3 Å². The van der Waals surface area contributed by atoms with Crippen LogP contribution in [0.5, 0.6) is 5.75 Å². The molecule has 0 aliphatic carbocycles. The van der Waals surface area contributed by atoms with Gasteiger partial charge in [0, 0.05) is 6.54 Å². The van der Waals surface area contributed by atoms with Crippen LogP contribution in [-0.4, -0.2) is 25.2 Å². The number of carbonyl (C=O) groups excluding carboxylic acids is 1. The standard InChI is InChI=1S/C11H11F3NO2/c12-11(13,14)10(16)15-7-4-8-17-9-5-2-1-3-6-9/h2-3,5-6H,4,7-8H2,(H,15,16). The van der Waals surface area contributed by atoms with E-state index in [0.29, 0.717) is 12.2 Å². The van der Waals surface area contributed by atoms with Crippen LogP contribution in [0.2, 0.25) is 0 Å². The summed E-state index contributed by atoms with van der Waals surface area (Å²) >= 11 is 0. The molecule has 1 N–H and O–H groups in total. The molecule has 0 fully saturated rings. The third-order valence-corrected chi connectivity index (χ3v) is 1.82. The summed E-state index contributed by atoms with van der Waals surface area (Å²) in [6.45, 7) is 0.166. The second-order valence-electron chi connectivity index (χ2n) is 3.19. The van der Waals surface area contributed by atoms with Gasteiger partial charge in [0.25, 0.3) is 0 Å². The molecule has 0 unspecified atom stereocenters. The number of benzene rings is 1. The second-order valence-corrected chi connectivity index (χ2v) is 3.19. The first-order valence-corrected chi connectivity index (χ1v) is 4.94. The second kappa shape index (κ2) is 6.12. The Balaban J connectivity index is 2.12. The van der Waals surface area contributed by atoms with Crippen molar-refractivity contribution < 1.29 is 22.7 Å². The summed E-state index contributed by atoms with van der Waals surface area (Å²) in [5, 5.41) is 1.76. The van der Waals surface area contributed by atoms with Gasteiger partial charge in [0.05, 0.1) is 6.61 Å². The first-order valence-electron chi connectivity index (χ1n) is 4.94. The van der Waals surface area contributed by atoms with E-state index < -0.39 is 12.1 Å². The summed E-state index contributed by atoms with van der Waals surface area (Å²) in [6.07, 6.45) is -4.52.